The molecular weight excluding hydrogens is 376 g/mol. The van der Waals surface area contributed by atoms with E-state index in [1.807, 2.05) is 12.1 Å². The maximum absolute atomic E-state index is 12.5. The van der Waals surface area contributed by atoms with Crippen LogP contribution in [0.3, 0.4) is 0 Å². The maximum Gasteiger partial charge on any atom is 0.261 e. The number of amides is 1. The van der Waals surface area contributed by atoms with Crippen LogP contribution in [0.2, 0.25) is 0 Å². The van der Waals surface area contributed by atoms with Crippen LogP contribution in [-0.4, -0.2) is 12.7 Å². The predicted octanol–water partition coefficient (Wildman–Crippen LogP) is 3.66. The summed E-state index contributed by atoms with van der Waals surface area (Å²) >= 11 is 3.38. The van der Waals surface area contributed by atoms with Crippen molar-refractivity contribution in [1.29, 1.82) is 5.41 Å². The monoisotopic (exact) mass is 386 g/mol. The van der Waals surface area contributed by atoms with Crippen molar-refractivity contribution < 1.29 is 18.7 Å². The highest BCUT2D eigenvalue weighted by atomic mass is 79.9. The summed E-state index contributed by atoms with van der Waals surface area (Å²) in [6.45, 7) is 0.169. The van der Waals surface area contributed by atoms with E-state index in [2.05, 4.69) is 21.2 Å². The van der Waals surface area contributed by atoms with Gasteiger partial charge in [0.15, 0.2) is 11.5 Å². The van der Waals surface area contributed by atoms with Crippen molar-refractivity contribution in [2.75, 3.05) is 12.1 Å². The minimum absolute atomic E-state index is 0.151. The van der Waals surface area contributed by atoms with Crippen LogP contribution >= 0.6 is 15.9 Å². The Labute approximate surface area is 144 Å². The molecule has 0 fully saturated rings. The summed E-state index contributed by atoms with van der Waals surface area (Å²) in [6.07, 6.45) is 0. The lowest BCUT2D eigenvalue weighted by molar-refractivity contribution is 0.102. The maximum atomic E-state index is 12.5. The highest BCUT2D eigenvalue weighted by Gasteiger charge is 2.16. The van der Waals surface area contributed by atoms with E-state index in [9.17, 15) is 4.79 Å². The van der Waals surface area contributed by atoms with E-state index in [1.165, 1.54) is 0 Å². The SMILES string of the molecule is N=c1oc2ccc(Br)cc2cc1C(=O)Nc1ccc2c(c1)OCO2. The van der Waals surface area contributed by atoms with E-state index in [0.29, 0.717) is 22.8 Å². The fraction of sp³-hybridized carbons (Fsp3) is 0.0588. The molecule has 0 atom stereocenters. The molecule has 0 spiro atoms. The molecule has 0 aliphatic carbocycles. The fourth-order valence-corrected chi connectivity index (χ4v) is 2.83. The van der Waals surface area contributed by atoms with Gasteiger partial charge in [0.2, 0.25) is 12.3 Å². The third-order valence-electron chi connectivity index (χ3n) is 3.60. The van der Waals surface area contributed by atoms with Crippen LogP contribution in [0.5, 0.6) is 11.5 Å². The largest absolute Gasteiger partial charge is 0.454 e. The highest BCUT2D eigenvalue weighted by molar-refractivity contribution is 9.10. The van der Waals surface area contributed by atoms with Gasteiger partial charge >= 0.3 is 0 Å². The van der Waals surface area contributed by atoms with Crippen LogP contribution in [0, 0.1) is 5.41 Å². The van der Waals surface area contributed by atoms with E-state index in [1.54, 1.807) is 30.3 Å². The molecule has 0 saturated carbocycles. The zero-order valence-electron chi connectivity index (χ0n) is 12.3. The smallest absolute Gasteiger partial charge is 0.261 e. The van der Waals surface area contributed by atoms with Crippen molar-refractivity contribution in [3.63, 3.8) is 0 Å². The molecule has 2 aromatic carbocycles. The minimum atomic E-state index is -0.426. The summed E-state index contributed by atoms with van der Waals surface area (Å²) in [4.78, 5) is 12.5. The average Bonchev–Trinajstić information content (AvgIpc) is 3.02. The lowest BCUT2D eigenvalue weighted by Gasteiger charge is -2.07. The quantitative estimate of drug-likeness (QED) is 0.703. The predicted molar refractivity (Wildman–Crippen MR) is 90.3 cm³/mol. The molecule has 7 heteroatoms. The number of halogens is 1. The number of carbonyl (C=O) groups is 1. The molecule has 0 radical (unpaired) electrons. The van der Waals surface area contributed by atoms with E-state index in [4.69, 9.17) is 19.3 Å². The van der Waals surface area contributed by atoms with Crippen LogP contribution in [0.4, 0.5) is 5.69 Å². The number of carbonyl (C=O) groups excluding carboxylic acids is 1. The second-order valence-electron chi connectivity index (χ2n) is 5.19. The Morgan fingerprint density at radius 2 is 1.92 bits per heavy atom. The topological polar surface area (TPSA) is 84.6 Å². The number of anilines is 1. The number of benzene rings is 2. The first-order chi connectivity index (χ1) is 11.6. The highest BCUT2D eigenvalue weighted by Crippen LogP contribution is 2.34. The number of ether oxygens (including phenoxy) is 2. The molecule has 0 saturated heterocycles. The van der Waals surface area contributed by atoms with Crippen LogP contribution in [0.1, 0.15) is 10.4 Å². The second kappa shape index (κ2) is 5.68. The standard InChI is InChI=1S/C17H11BrN2O4/c18-10-1-3-13-9(5-10)6-12(16(19)24-13)17(21)20-11-2-4-14-15(7-11)23-8-22-14/h1-7,19H,8H2,(H,20,21). The Hall–Kier alpha value is -2.80. The first-order valence-electron chi connectivity index (χ1n) is 7.09. The molecule has 1 amide bonds. The number of fused-ring (bicyclic) bond motifs is 2. The Morgan fingerprint density at radius 1 is 1.08 bits per heavy atom. The Balaban J connectivity index is 1.68. The molecule has 2 heterocycles. The van der Waals surface area contributed by atoms with Gasteiger partial charge in [0.1, 0.15) is 11.1 Å². The van der Waals surface area contributed by atoms with Gasteiger partial charge in [-0.2, -0.15) is 0 Å². The molecule has 120 valence electrons. The van der Waals surface area contributed by atoms with Crippen LogP contribution in [0.15, 0.2) is 51.4 Å². The summed E-state index contributed by atoms with van der Waals surface area (Å²) in [6, 6.07) is 12.1. The first kappa shape index (κ1) is 14.8. The van der Waals surface area contributed by atoms with Crippen molar-refractivity contribution in [3.8, 4) is 11.5 Å². The number of hydrogen-bond donors (Lipinski definition) is 2. The van der Waals surface area contributed by atoms with Crippen molar-refractivity contribution in [2.45, 2.75) is 0 Å². The summed E-state index contributed by atoms with van der Waals surface area (Å²) < 4.78 is 16.8. The first-order valence-corrected chi connectivity index (χ1v) is 7.88. The summed E-state index contributed by atoms with van der Waals surface area (Å²) in [5.41, 5.74) is 1.06. The molecule has 0 unspecified atom stereocenters. The van der Waals surface area contributed by atoms with Crippen molar-refractivity contribution in [1.82, 2.24) is 0 Å². The van der Waals surface area contributed by atoms with Gasteiger partial charge < -0.3 is 19.2 Å². The number of nitrogens with one attached hydrogen (secondary N) is 2. The van der Waals surface area contributed by atoms with Gasteiger partial charge in [-0.25, -0.2) is 0 Å². The van der Waals surface area contributed by atoms with Gasteiger partial charge in [-0.3, -0.25) is 10.2 Å². The van der Waals surface area contributed by atoms with Gasteiger partial charge in [-0.15, -0.1) is 0 Å². The van der Waals surface area contributed by atoms with Crippen LogP contribution < -0.4 is 20.3 Å². The van der Waals surface area contributed by atoms with E-state index in [0.717, 1.165) is 9.86 Å². The summed E-state index contributed by atoms with van der Waals surface area (Å²) in [5, 5.41) is 11.4. The molecule has 1 aliphatic rings. The van der Waals surface area contributed by atoms with Gasteiger partial charge in [0, 0.05) is 21.6 Å². The molecular formula is C17H11BrN2O4. The second-order valence-corrected chi connectivity index (χ2v) is 6.11. The fourth-order valence-electron chi connectivity index (χ4n) is 2.45. The molecule has 6 nitrogen and oxygen atoms in total. The number of rotatable bonds is 2. The zero-order chi connectivity index (χ0) is 16.7. The molecule has 24 heavy (non-hydrogen) atoms. The van der Waals surface area contributed by atoms with Crippen LogP contribution in [0.25, 0.3) is 11.0 Å². The van der Waals surface area contributed by atoms with E-state index >= 15 is 0 Å². The lowest BCUT2D eigenvalue weighted by Crippen LogP contribution is -2.20. The van der Waals surface area contributed by atoms with Gasteiger partial charge in [0.05, 0.1) is 0 Å². The van der Waals surface area contributed by atoms with Gasteiger partial charge in [-0.1, -0.05) is 15.9 Å². The summed E-state index contributed by atoms with van der Waals surface area (Å²) in [5.74, 6) is 0.787. The molecule has 1 aliphatic heterocycles. The molecule has 4 rings (SSSR count). The third-order valence-corrected chi connectivity index (χ3v) is 4.10. The van der Waals surface area contributed by atoms with Gasteiger partial charge in [-0.05, 0) is 36.4 Å². The average molecular weight is 387 g/mol. The lowest BCUT2D eigenvalue weighted by atomic mass is 10.1. The molecule has 3 aromatic rings. The number of hydrogen-bond acceptors (Lipinski definition) is 5. The Morgan fingerprint density at radius 3 is 2.79 bits per heavy atom. The minimum Gasteiger partial charge on any atom is -0.454 e. The summed E-state index contributed by atoms with van der Waals surface area (Å²) in [7, 11) is 0. The molecule has 1 aromatic heterocycles. The Bertz CT molecular complexity index is 1030. The zero-order valence-corrected chi connectivity index (χ0v) is 13.8. The van der Waals surface area contributed by atoms with Crippen molar-refractivity contribution in [3.05, 3.63) is 58.1 Å². The third kappa shape index (κ3) is 2.63. The Kier molecular flexibility index (Phi) is 3.50. The van der Waals surface area contributed by atoms with Gasteiger partial charge in [0.25, 0.3) is 5.91 Å². The van der Waals surface area contributed by atoms with E-state index in [-0.39, 0.29) is 17.9 Å². The van der Waals surface area contributed by atoms with Crippen LogP contribution in [-0.2, 0) is 0 Å². The normalized spacial score (nSPS) is 12.4. The molecule has 2 N–H and O–H groups in total. The molecule has 0 bridgehead atoms. The van der Waals surface area contributed by atoms with Crippen molar-refractivity contribution >= 4 is 38.5 Å². The van der Waals surface area contributed by atoms with E-state index < -0.39 is 5.91 Å². The van der Waals surface area contributed by atoms with Crippen molar-refractivity contribution in [2.24, 2.45) is 0 Å².